The van der Waals surface area contributed by atoms with Gasteiger partial charge < -0.3 is 9.47 Å². The molecule has 0 radical (unpaired) electrons. The van der Waals surface area contributed by atoms with Gasteiger partial charge in [-0.1, -0.05) is 6.07 Å². The molecule has 1 heterocycles. The highest BCUT2D eigenvalue weighted by Gasteiger charge is 2.15. The molecule has 22 heavy (non-hydrogen) atoms. The van der Waals surface area contributed by atoms with Gasteiger partial charge in [-0.2, -0.15) is 4.98 Å². The number of hydrogen-bond donors (Lipinski definition) is 0. The van der Waals surface area contributed by atoms with Crippen LogP contribution < -0.4 is 14.4 Å². The normalized spacial score (nSPS) is 9.95. The van der Waals surface area contributed by atoms with Gasteiger partial charge in [0.05, 0.1) is 7.11 Å². The van der Waals surface area contributed by atoms with Gasteiger partial charge in [-0.3, -0.25) is 9.69 Å². The summed E-state index contributed by atoms with van der Waals surface area (Å²) in [6.45, 7) is 1.48. The fraction of sp³-hybridized carbons (Fsp3) is 0.188. The Balaban J connectivity index is 2.08. The van der Waals surface area contributed by atoms with Crippen LogP contribution in [0.1, 0.15) is 17.3 Å². The van der Waals surface area contributed by atoms with Crippen LogP contribution in [0, 0.1) is 0 Å². The molecule has 2 rings (SSSR count). The number of aromatic nitrogens is 1. The van der Waals surface area contributed by atoms with Crippen LogP contribution in [-0.2, 0) is 0 Å². The van der Waals surface area contributed by atoms with Crippen LogP contribution in [-0.4, -0.2) is 31.0 Å². The summed E-state index contributed by atoms with van der Waals surface area (Å²) >= 11 is 0. The van der Waals surface area contributed by atoms with Crippen molar-refractivity contribution in [2.45, 2.75) is 6.92 Å². The molecular formula is C16H16N2O4. The minimum Gasteiger partial charge on any atom is -0.481 e. The monoisotopic (exact) mass is 300 g/mol. The van der Waals surface area contributed by atoms with Crippen LogP contribution in [0.3, 0.4) is 0 Å². The second-order valence-corrected chi connectivity index (χ2v) is 4.55. The summed E-state index contributed by atoms with van der Waals surface area (Å²) in [5, 5.41) is 0. The molecule has 0 spiro atoms. The van der Waals surface area contributed by atoms with Crippen molar-refractivity contribution in [2.75, 3.05) is 19.1 Å². The first-order chi connectivity index (χ1) is 10.5. The number of nitrogens with zero attached hydrogens (tertiary/aromatic N) is 2. The lowest BCUT2D eigenvalue weighted by atomic mass is 10.1. The van der Waals surface area contributed by atoms with E-state index in [2.05, 4.69) is 4.98 Å². The van der Waals surface area contributed by atoms with Crippen molar-refractivity contribution in [3.63, 3.8) is 0 Å². The number of amides is 1. The van der Waals surface area contributed by atoms with Gasteiger partial charge in [0.1, 0.15) is 11.6 Å². The lowest BCUT2D eigenvalue weighted by molar-refractivity contribution is 0.101. The Morgan fingerprint density at radius 3 is 2.36 bits per heavy atom. The molecule has 1 amide bonds. The lowest BCUT2D eigenvalue weighted by Gasteiger charge is -2.16. The van der Waals surface area contributed by atoms with E-state index in [9.17, 15) is 9.59 Å². The van der Waals surface area contributed by atoms with Crippen molar-refractivity contribution in [3.8, 4) is 11.6 Å². The molecule has 0 fully saturated rings. The third-order valence-electron chi connectivity index (χ3n) is 3.00. The summed E-state index contributed by atoms with van der Waals surface area (Å²) in [7, 11) is 3.05. The van der Waals surface area contributed by atoms with Crippen molar-refractivity contribution in [3.05, 3.63) is 48.0 Å². The van der Waals surface area contributed by atoms with Gasteiger partial charge >= 0.3 is 6.09 Å². The first-order valence-corrected chi connectivity index (χ1v) is 6.59. The number of rotatable bonds is 4. The van der Waals surface area contributed by atoms with E-state index < -0.39 is 6.09 Å². The van der Waals surface area contributed by atoms with E-state index in [0.717, 1.165) is 0 Å². The predicted octanol–water partition coefficient (Wildman–Crippen LogP) is 2.93. The Hall–Kier alpha value is -2.89. The smallest absolute Gasteiger partial charge is 0.420 e. The molecule has 0 N–H and O–H groups in total. The topological polar surface area (TPSA) is 68.7 Å². The number of methoxy groups -OCH3 is 1. The van der Waals surface area contributed by atoms with E-state index in [0.29, 0.717) is 23.0 Å². The van der Waals surface area contributed by atoms with Crippen LogP contribution in [0.15, 0.2) is 42.5 Å². The molecule has 0 aliphatic rings. The van der Waals surface area contributed by atoms with E-state index in [1.165, 1.54) is 18.9 Å². The molecule has 1 aromatic heterocycles. The average molecular weight is 300 g/mol. The van der Waals surface area contributed by atoms with Gasteiger partial charge in [-0.25, -0.2) is 4.79 Å². The molecule has 0 unspecified atom stereocenters. The van der Waals surface area contributed by atoms with Crippen molar-refractivity contribution < 1.29 is 19.1 Å². The number of Topliss-reactive ketones (excluding diaryl/α,β-unsaturated/α-hetero) is 1. The largest absolute Gasteiger partial charge is 0.481 e. The highest BCUT2D eigenvalue weighted by molar-refractivity contribution is 5.94. The van der Waals surface area contributed by atoms with E-state index in [-0.39, 0.29) is 5.78 Å². The Bertz CT molecular complexity index is 683. The summed E-state index contributed by atoms with van der Waals surface area (Å²) in [4.78, 5) is 28.7. The van der Waals surface area contributed by atoms with Gasteiger partial charge in [-0.05, 0) is 37.3 Å². The fourth-order valence-corrected chi connectivity index (χ4v) is 1.72. The molecule has 1 aromatic carbocycles. The SMILES string of the molecule is COc1cccc(N(C)C(=O)Oc2ccc(C(C)=O)cc2)n1. The van der Waals surface area contributed by atoms with Gasteiger partial charge in [0, 0.05) is 18.7 Å². The number of hydrogen-bond acceptors (Lipinski definition) is 5. The maximum Gasteiger partial charge on any atom is 0.420 e. The second-order valence-electron chi connectivity index (χ2n) is 4.55. The third kappa shape index (κ3) is 3.60. The van der Waals surface area contributed by atoms with Crippen molar-refractivity contribution >= 4 is 17.7 Å². The number of carbonyl (C=O) groups excluding carboxylic acids is 2. The van der Waals surface area contributed by atoms with Gasteiger partial charge in [0.25, 0.3) is 0 Å². The summed E-state index contributed by atoms with van der Waals surface area (Å²) in [6.07, 6.45) is -0.587. The molecule has 6 nitrogen and oxygen atoms in total. The lowest BCUT2D eigenvalue weighted by Crippen LogP contribution is -2.30. The minimum absolute atomic E-state index is 0.0458. The van der Waals surface area contributed by atoms with E-state index in [4.69, 9.17) is 9.47 Å². The average Bonchev–Trinajstić information content (AvgIpc) is 2.54. The molecule has 0 atom stereocenters. The third-order valence-corrected chi connectivity index (χ3v) is 3.00. The standard InChI is InChI=1S/C16H16N2O4/c1-11(19)12-7-9-13(10-8-12)22-16(20)18(2)14-5-4-6-15(17-14)21-3/h4-10H,1-3H3. The number of ether oxygens (including phenoxy) is 2. The minimum atomic E-state index is -0.587. The van der Waals surface area contributed by atoms with Crippen LogP contribution in [0.2, 0.25) is 0 Å². The Morgan fingerprint density at radius 2 is 1.77 bits per heavy atom. The molecule has 0 saturated heterocycles. The first-order valence-electron chi connectivity index (χ1n) is 6.59. The molecule has 0 bridgehead atoms. The maximum absolute atomic E-state index is 12.1. The Morgan fingerprint density at radius 1 is 1.09 bits per heavy atom. The highest BCUT2D eigenvalue weighted by atomic mass is 16.6. The molecule has 2 aromatic rings. The second kappa shape index (κ2) is 6.71. The van der Waals surface area contributed by atoms with Crippen molar-refractivity contribution in [1.82, 2.24) is 4.98 Å². The van der Waals surface area contributed by atoms with Crippen molar-refractivity contribution in [1.29, 1.82) is 0 Å². The molecule has 0 saturated carbocycles. The number of ketones is 1. The number of pyridine rings is 1. The summed E-state index contributed by atoms with van der Waals surface area (Å²) in [5.41, 5.74) is 0.558. The first kappa shape index (κ1) is 15.5. The quantitative estimate of drug-likeness (QED) is 0.812. The molecule has 6 heteroatoms. The summed E-state index contributed by atoms with van der Waals surface area (Å²) in [6, 6.07) is 11.4. The number of carbonyl (C=O) groups is 2. The van der Waals surface area contributed by atoms with E-state index >= 15 is 0 Å². The number of benzene rings is 1. The zero-order valence-corrected chi connectivity index (χ0v) is 12.6. The molecule has 0 aliphatic carbocycles. The highest BCUT2D eigenvalue weighted by Crippen LogP contribution is 2.17. The van der Waals surface area contributed by atoms with Gasteiger partial charge in [0.2, 0.25) is 5.88 Å². The summed E-state index contributed by atoms with van der Waals surface area (Å²) < 4.78 is 10.3. The molecule has 0 aliphatic heterocycles. The van der Waals surface area contributed by atoms with Crippen LogP contribution in [0.25, 0.3) is 0 Å². The zero-order chi connectivity index (χ0) is 16.1. The molecule has 114 valence electrons. The summed E-state index contributed by atoms with van der Waals surface area (Å²) in [5.74, 6) is 1.12. The van der Waals surface area contributed by atoms with Gasteiger partial charge in [-0.15, -0.1) is 0 Å². The van der Waals surface area contributed by atoms with E-state index in [1.54, 1.807) is 49.5 Å². The molecular weight excluding hydrogens is 284 g/mol. The van der Waals surface area contributed by atoms with Crippen molar-refractivity contribution in [2.24, 2.45) is 0 Å². The van der Waals surface area contributed by atoms with Gasteiger partial charge in [0.15, 0.2) is 5.78 Å². The predicted molar refractivity (Wildman–Crippen MR) is 81.7 cm³/mol. The fourth-order valence-electron chi connectivity index (χ4n) is 1.72. The Labute approximate surface area is 128 Å². The Kier molecular flexibility index (Phi) is 4.73. The maximum atomic E-state index is 12.1. The van der Waals surface area contributed by atoms with E-state index in [1.807, 2.05) is 0 Å². The van der Waals surface area contributed by atoms with Crippen LogP contribution in [0.4, 0.5) is 10.6 Å². The zero-order valence-electron chi connectivity index (χ0n) is 12.6. The van der Waals surface area contributed by atoms with Crippen LogP contribution >= 0.6 is 0 Å². The van der Waals surface area contributed by atoms with Crippen LogP contribution in [0.5, 0.6) is 11.6 Å². The number of anilines is 1.